The van der Waals surface area contributed by atoms with Crippen molar-refractivity contribution in [3.05, 3.63) is 16.7 Å². The van der Waals surface area contributed by atoms with Gasteiger partial charge in [0.25, 0.3) is 5.56 Å². The third kappa shape index (κ3) is 6.19. The van der Waals surface area contributed by atoms with E-state index in [1.54, 1.807) is 0 Å². The van der Waals surface area contributed by atoms with Gasteiger partial charge in [-0.05, 0) is 6.92 Å². The lowest BCUT2D eigenvalue weighted by molar-refractivity contribution is -0.0428. The Kier molecular flexibility index (Phi) is 6.90. The van der Waals surface area contributed by atoms with Gasteiger partial charge in [0.1, 0.15) is 12.2 Å². The van der Waals surface area contributed by atoms with Gasteiger partial charge in [0.2, 0.25) is 5.95 Å². The molecule has 18 nitrogen and oxygen atoms in total. The topological polar surface area (TPSA) is 279 Å². The summed E-state index contributed by atoms with van der Waals surface area (Å²) in [6.07, 6.45) is -5.18. The van der Waals surface area contributed by atoms with Crippen LogP contribution in [0.5, 0.6) is 0 Å². The summed E-state index contributed by atoms with van der Waals surface area (Å²) in [4.78, 5) is 56.0. The van der Waals surface area contributed by atoms with Crippen LogP contribution in [-0.4, -0.2) is 67.8 Å². The van der Waals surface area contributed by atoms with Gasteiger partial charge in [0.05, 0.1) is 15.6 Å². The maximum atomic E-state index is 12.2. The number of aliphatic hydroxyl groups is 1. The quantitative estimate of drug-likeness (QED) is 0.115. The van der Waals surface area contributed by atoms with Crippen molar-refractivity contribution >= 4 is 52.2 Å². The molecular formula is C13H17ClN5O13P3. The number of halogens is 1. The van der Waals surface area contributed by atoms with Crippen LogP contribution in [0.15, 0.2) is 11.1 Å². The molecule has 194 valence electrons. The number of nitrogen functional groups attached to an aromatic ring is 1. The third-order valence-electron chi connectivity index (χ3n) is 4.07. The fourth-order valence-electron chi connectivity index (χ4n) is 2.90. The molecule has 0 aliphatic carbocycles. The van der Waals surface area contributed by atoms with Crippen LogP contribution in [0.2, 0.25) is 0 Å². The first-order valence-corrected chi connectivity index (χ1v) is 13.6. The highest BCUT2D eigenvalue weighted by Crippen LogP contribution is 2.66. The van der Waals surface area contributed by atoms with E-state index in [2.05, 4.69) is 39.9 Å². The zero-order valence-corrected chi connectivity index (χ0v) is 20.4. The van der Waals surface area contributed by atoms with Gasteiger partial charge in [0, 0.05) is 0 Å². The van der Waals surface area contributed by atoms with Crippen LogP contribution >= 0.6 is 35.1 Å². The number of alkyl halides is 1. The van der Waals surface area contributed by atoms with E-state index in [0.717, 1.165) is 10.9 Å². The molecule has 0 radical (unpaired) electrons. The molecule has 3 rings (SSSR count). The van der Waals surface area contributed by atoms with Crippen LogP contribution < -0.4 is 11.3 Å². The SMILES string of the molecule is [2H]C([2H])(OP(=O)(O)OP(=O)(O)OP(=O)(O)O)[C@H]1O[C@@H](n2cnc3c(=O)[nH]c(N)nc32)C(Cl)(C#CC)[C@H]1O. The number of imidazole rings is 1. The molecule has 8 N–H and O–H groups in total. The molecule has 2 aromatic rings. The average molecular weight is 582 g/mol. The van der Waals surface area contributed by atoms with Crippen molar-refractivity contribution < 1.29 is 59.0 Å². The minimum Gasteiger partial charge on any atom is -0.387 e. The Morgan fingerprint density at radius 3 is 2.60 bits per heavy atom. The first-order chi connectivity index (χ1) is 16.7. The summed E-state index contributed by atoms with van der Waals surface area (Å²) < 4.78 is 68.3. The van der Waals surface area contributed by atoms with Crippen LogP contribution in [0.25, 0.3) is 11.2 Å². The van der Waals surface area contributed by atoms with Gasteiger partial charge in [-0.15, -0.1) is 5.92 Å². The normalized spacial score (nSPS) is 29.5. The Labute approximate surface area is 202 Å². The number of phosphoric acid groups is 3. The molecule has 1 aliphatic rings. The van der Waals surface area contributed by atoms with E-state index in [-0.39, 0.29) is 17.1 Å². The summed E-state index contributed by atoms with van der Waals surface area (Å²) in [7, 11) is -17.7. The molecule has 1 fully saturated rings. The van der Waals surface area contributed by atoms with Crippen LogP contribution in [0.3, 0.4) is 0 Å². The highest BCUT2D eigenvalue weighted by molar-refractivity contribution is 7.66. The molecule has 0 amide bonds. The highest BCUT2D eigenvalue weighted by atomic mass is 35.5. The molecule has 0 aromatic carbocycles. The number of nitrogens with one attached hydrogen (secondary N) is 1. The van der Waals surface area contributed by atoms with E-state index in [4.69, 9.17) is 34.6 Å². The van der Waals surface area contributed by atoms with Gasteiger partial charge in [0.15, 0.2) is 22.3 Å². The Bertz CT molecular complexity index is 1490. The first-order valence-electron chi connectivity index (χ1n) is 9.74. The van der Waals surface area contributed by atoms with E-state index >= 15 is 0 Å². The smallest absolute Gasteiger partial charge is 0.387 e. The standard InChI is InChI=1S/C13H17ClN5O13P3/c1-2-3-13(14)8(20)6(4-29-34(25,26)32-35(27,28)31-33(22,23)24)30-11(13)19-5-16-7-9(19)17-12(15)18-10(7)21/h5-6,8,11,20H,4H2,1H3,(H,25,26)(H,27,28)(H2,22,23,24)(H3,15,17,18,21)/t6-,8+,11-,13?/m1/s1/i4D2. The number of H-pyrrole nitrogens is 1. The number of hydrogen-bond acceptors (Lipinski definition) is 12. The van der Waals surface area contributed by atoms with Crippen molar-refractivity contribution in [2.24, 2.45) is 0 Å². The number of aliphatic hydroxyl groups excluding tert-OH is 1. The Balaban J connectivity index is 1.99. The summed E-state index contributed by atoms with van der Waals surface area (Å²) in [5, 5.41) is 10.8. The minimum atomic E-state index is -6.01. The van der Waals surface area contributed by atoms with E-state index in [1.165, 1.54) is 6.92 Å². The molecule has 2 aromatic heterocycles. The van der Waals surface area contributed by atoms with Crippen molar-refractivity contribution in [1.29, 1.82) is 0 Å². The molecule has 35 heavy (non-hydrogen) atoms. The van der Waals surface area contributed by atoms with E-state index < -0.39 is 58.9 Å². The number of hydrogen-bond donors (Lipinski definition) is 7. The minimum absolute atomic E-state index is 0.226. The highest BCUT2D eigenvalue weighted by Gasteiger charge is 2.56. The van der Waals surface area contributed by atoms with Crippen LogP contribution in [0, 0.1) is 11.8 Å². The lowest BCUT2D eigenvalue weighted by Crippen LogP contribution is -2.41. The van der Waals surface area contributed by atoms with Crippen LogP contribution in [0.1, 0.15) is 15.9 Å². The molecule has 1 saturated heterocycles. The van der Waals surface area contributed by atoms with Crippen molar-refractivity contribution in [2.75, 3.05) is 12.3 Å². The Morgan fingerprint density at radius 2 is 2.00 bits per heavy atom. The number of nitrogens with zero attached hydrogens (tertiary/aromatic N) is 3. The van der Waals surface area contributed by atoms with Crippen LogP contribution in [-0.2, 0) is 31.6 Å². The van der Waals surface area contributed by atoms with Gasteiger partial charge in [-0.1, -0.05) is 17.5 Å². The number of fused-ring (bicyclic) bond motifs is 1. The molecule has 22 heteroatoms. The largest absolute Gasteiger partial charge is 0.490 e. The lowest BCUT2D eigenvalue weighted by atomic mass is 9.99. The van der Waals surface area contributed by atoms with E-state index in [1.807, 2.05) is 0 Å². The molecule has 0 saturated carbocycles. The second-order valence-corrected chi connectivity index (χ2v) is 11.5. The second kappa shape index (κ2) is 9.66. The molecule has 0 spiro atoms. The zero-order chi connectivity index (χ0) is 28.2. The fourth-order valence-corrected chi connectivity index (χ4v) is 6.14. The Morgan fingerprint density at radius 1 is 1.34 bits per heavy atom. The Hall–Kier alpha value is -1.67. The number of nitrogens with two attached hydrogens (primary N) is 1. The molecule has 1 aliphatic heterocycles. The average Bonchev–Trinajstić information content (AvgIpc) is 3.18. The van der Waals surface area contributed by atoms with Crippen LogP contribution in [0.4, 0.5) is 5.95 Å². The number of aromatic nitrogens is 4. The van der Waals surface area contributed by atoms with Crippen molar-refractivity contribution in [2.45, 2.75) is 30.2 Å². The summed E-state index contributed by atoms with van der Waals surface area (Å²) >= 11 is 6.49. The molecule has 6 atom stereocenters. The number of anilines is 1. The van der Waals surface area contributed by atoms with Gasteiger partial charge in [-0.2, -0.15) is 13.6 Å². The van der Waals surface area contributed by atoms with Gasteiger partial charge < -0.3 is 35.2 Å². The molecular weight excluding hydrogens is 563 g/mol. The number of rotatable bonds is 8. The van der Waals surface area contributed by atoms with Crippen molar-refractivity contribution in [1.82, 2.24) is 19.5 Å². The monoisotopic (exact) mass is 581 g/mol. The molecule has 3 heterocycles. The maximum absolute atomic E-state index is 12.2. The molecule has 3 unspecified atom stereocenters. The van der Waals surface area contributed by atoms with E-state index in [9.17, 15) is 33.4 Å². The summed E-state index contributed by atoms with van der Waals surface area (Å²) in [6.45, 7) is -2.27. The molecule has 0 bridgehead atoms. The summed E-state index contributed by atoms with van der Waals surface area (Å²) in [5.41, 5.74) is 4.30. The summed E-state index contributed by atoms with van der Waals surface area (Å²) in [6, 6.07) is 0. The number of ether oxygens (including phenoxy) is 1. The van der Waals surface area contributed by atoms with Crippen molar-refractivity contribution in [3.63, 3.8) is 0 Å². The number of aromatic amines is 1. The third-order valence-corrected chi connectivity index (χ3v) is 8.24. The van der Waals surface area contributed by atoms with E-state index in [0.29, 0.717) is 0 Å². The van der Waals surface area contributed by atoms with Gasteiger partial charge in [-0.25, -0.2) is 18.7 Å². The van der Waals surface area contributed by atoms with Crippen molar-refractivity contribution in [3.8, 4) is 11.8 Å². The lowest BCUT2D eigenvalue weighted by Gasteiger charge is -2.25. The first kappa shape index (κ1) is 25.0. The maximum Gasteiger partial charge on any atom is 0.490 e. The van der Waals surface area contributed by atoms with Gasteiger partial charge in [-0.3, -0.25) is 18.9 Å². The second-order valence-electron chi connectivity index (χ2n) is 6.57. The van der Waals surface area contributed by atoms with Gasteiger partial charge >= 0.3 is 23.5 Å². The summed E-state index contributed by atoms with van der Waals surface area (Å²) in [5.74, 6) is 4.45. The zero-order valence-electron chi connectivity index (χ0n) is 19.0. The predicted molar refractivity (Wildman–Crippen MR) is 114 cm³/mol. The number of phosphoric ester groups is 1. The fraction of sp³-hybridized carbons (Fsp3) is 0.462. The predicted octanol–water partition coefficient (Wildman–Crippen LogP) is -0.696.